The van der Waals surface area contributed by atoms with Crippen LogP contribution in [0.2, 0.25) is 0 Å². The Balaban J connectivity index is 2.13. The van der Waals surface area contributed by atoms with Gasteiger partial charge >= 0.3 is 0 Å². The van der Waals surface area contributed by atoms with E-state index in [9.17, 15) is 20.0 Å². The summed E-state index contributed by atoms with van der Waals surface area (Å²) in [5.41, 5.74) is 7.98. The molecule has 0 heterocycles. The Morgan fingerprint density at radius 2 is 2.05 bits per heavy atom. The summed E-state index contributed by atoms with van der Waals surface area (Å²) in [6.45, 7) is 0. The number of aromatic hydroxyl groups is 1. The normalized spacial score (nSPS) is 10.5. The summed E-state index contributed by atoms with van der Waals surface area (Å²) in [5, 5.41) is 23.9. The number of benzene rings is 2. The maximum Gasteiger partial charge on any atom is 0.272 e. The fraction of sp³-hybridized carbons (Fsp3) is 0. The smallest absolute Gasteiger partial charge is 0.272 e. The van der Waals surface area contributed by atoms with Crippen molar-refractivity contribution < 1.29 is 14.8 Å². The number of anilines is 1. The van der Waals surface area contributed by atoms with Gasteiger partial charge in [-0.25, -0.2) is 5.43 Å². The van der Waals surface area contributed by atoms with Gasteiger partial charge < -0.3 is 10.8 Å². The molecule has 1 amide bonds. The van der Waals surface area contributed by atoms with E-state index in [1.165, 1.54) is 18.3 Å². The van der Waals surface area contributed by atoms with E-state index in [0.29, 0.717) is 5.56 Å². The first-order valence-corrected chi connectivity index (χ1v) is 6.14. The van der Waals surface area contributed by atoms with Crippen molar-refractivity contribution in [2.24, 2.45) is 5.10 Å². The number of hydrogen-bond donors (Lipinski definition) is 3. The third kappa shape index (κ3) is 3.57. The predicted octanol–water partition coefficient (Wildman–Crippen LogP) is 1.65. The van der Waals surface area contributed by atoms with Gasteiger partial charge in [0.25, 0.3) is 11.6 Å². The van der Waals surface area contributed by atoms with Crippen molar-refractivity contribution in [2.75, 3.05) is 5.73 Å². The quantitative estimate of drug-likeness (QED) is 0.342. The van der Waals surface area contributed by atoms with Crippen molar-refractivity contribution in [3.8, 4) is 5.75 Å². The van der Waals surface area contributed by atoms with Crippen molar-refractivity contribution >= 4 is 23.5 Å². The number of nitrogens with zero attached hydrogens (tertiary/aromatic N) is 2. The number of nitrogen functional groups attached to an aromatic ring is 1. The van der Waals surface area contributed by atoms with Crippen LogP contribution in [0, 0.1) is 10.1 Å². The number of phenols is 1. The van der Waals surface area contributed by atoms with Crippen molar-refractivity contribution in [3.63, 3.8) is 0 Å². The van der Waals surface area contributed by atoms with Crippen LogP contribution in [0.1, 0.15) is 15.9 Å². The third-order valence-electron chi connectivity index (χ3n) is 2.72. The van der Waals surface area contributed by atoms with E-state index in [0.717, 1.165) is 12.1 Å². The molecule has 22 heavy (non-hydrogen) atoms. The van der Waals surface area contributed by atoms with Gasteiger partial charge in [0.05, 0.1) is 16.7 Å². The first-order valence-electron chi connectivity index (χ1n) is 6.14. The Morgan fingerprint density at radius 3 is 2.73 bits per heavy atom. The second-order valence-electron chi connectivity index (χ2n) is 4.33. The number of nitro benzene ring substituents is 1. The van der Waals surface area contributed by atoms with Crippen LogP contribution in [0.5, 0.6) is 5.75 Å². The van der Waals surface area contributed by atoms with E-state index < -0.39 is 10.8 Å². The molecule has 0 aliphatic rings. The van der Waals surface area contributed by atoms with Crippen LogP contribution in [0.15, 0.2) is 47.6 Å². The molecule has 0 radical (unpaired) electrons. The lowest BCUT2D eigenvalue weighted by molar-refractivity contribution is -0.384. The molecular weight excluding hydrogens is 288 g/mol. The first kappa shape index (κ1) is 15.0. The minimum absolute atomic E-state index is 0.0140. The molecule has 112 valence electrons. The maximum absolute atomic E-state index is 11.9. The summed E-state index contributed by atoms with van der Waals surface area (Å²) in [5.74, 6) is -0.637. The molecule has 8 heteroatoms. The van der Waals surface area contributed by atoms with Gasteiger partial charge in [0.1, 0.15) is 5.75 Å². The van der Waals surface area contributed by atoms with Crippen LogP contribution in [0.25, 0.3) is 0 Å². The summed E-state index contributed by atoms with van der Waals surface area (Å²) in [6.07, 6.45) is 1.26. The Morgan fingerprint density at radius 1 is 1.32 bits per heavy atom. The molecule has 8 nitrogen and oxygen atoms in total. The maximum atomic E-state index is 11.9. The van der Waals surface area contributed by atoms with Crippen molar-refractivity contribution in [1.82, 2.24) is 5.43 Å². The molecular formula is C14H12N4O4. The molecule has 0 saturated carbocycles. The number of carbonyl (C=O) groups is 1. The fourth-order valence-corrected chi connectivity index (χ4v) is 1.69. The second-order valence-corrected chi connectivity index (χ2v) is 4.33. The van der Waals surface area contributed by atoms with Crippen molar-refractivity contribution in [3.05, 3.63) is 63.7 Å². The lowest BCUT2D eigenvalue weighted by Gasteiger charge is -2.02. The molecule has 0 aromatic heterocycles. The molecule has 2 aromatic carbocycles. The van der Waals surface area contributed by atoms with Crippen LogP contribution in [-0.4, -0.2) is 22.2 Å². The molecule has 0 spiro atoms. The van der Waals surface area contributed by atoms with Crippen molar-refractivity contribution in [1.29, 1.82) is 0 Å². The zero-order valence-corrected chi connectivity index (χ0v) is 11.3. The molecule has 0 aliphatic heterocycles. The average Bonchev–Trinajstić information content (AvgIpc) is 2.48. The SMILES string of the molecule is Nc1cc(C(=O)N/N=C/c2ccccc2O)cc([N+](=O)[O-])c1. The summed E-state index contributed by atoms with van der Waals surface area (Å²) in [6, 6.07) is 9.99. The van der Waals surface area contributed by atoms with Gasteiger partial charge in [-0.1, -0.05) is 12.1 Å². The zero-order chi connectivity index (χ0) is 16.1. The fourth-order valence-electron chi connectivity index (χ4n) is 1.69. The number of nitro groups is 1. The number of hydrogen-bond acceptors (Lipinski definition) is 6. The number of carbonyl (C=O) groups excluding carboxylic acids is 1. The van der Waals surface area contributed by atoms with E-state index in [-0.39, 0.29) is 22.7 Å². The van der Waals surface area contributed by atoms with Crippen molar-refractivity contribution in [2.45, 2.75) is 0 Å². The standard InChI is InChI=1S/C14H12N4O4/c15-11-5-10(6-12(7-11)18(21)22)14(20)17-16-8-9-3-1-2-4-13(9)19/h1-8,19H,15H2,(H,17,20)/b16-8+. The topological polar surface area (TPSA) is 131 Å². The highest BCUT2D eigenvalue weighted by atomic mass is 16.6. The number of hydrazone groups is 1. The highest BCUT2D eigenvalue weighted by Crippen LogP contribution is 2.18. The summed E-state index contributed by atoms with van der Waals surface area (Å²) in [4.78, 5) is 22.0. The Bertz CT molecular complexity index is 758. The molecule has 0 aliphatic carbocycles. The lowest BCUT2D eigenvalue weighted by atomic mass is 10.1. The third-order valence-corrected chi connectivity index (χ3v) is 2.72. The van der Waals surface area contributed by atoms with E-state index in [2.05, 4.69) is 10.5 Å². The number of phenolic OH excluding ortho intramolecular Hbond substituents is 1. The summed E-state index contributed by atoms with van der Waals surface area (Å²) >= 11 is 0. The van der Waals surface area contributed by atoms with Crippen LogP contribution in [-0.2, 0) is 0 Å². The van der Waals surface area contributed by atoms with Gasteiger partial charge in [-0.3, -0.25) is 14.9 Å². The van der Waals surface area contributed by atoms with Gasteiger partial charge in [-0.2, -0.15) is 5.10 Å². The van der Waals surface area contributed by atoms with Crippen LogP contribution in [0.4, 0.5) is 11.4 Å². The van der Waals surface area contributed by atoms with Gasteiger partial charge in [0, 0.05) is 23.4 Å². The highest BCUT2D eigenvalue weighted by Gasteiger charge is 2.13. The monoisotopic (exact) mass is 300 g/mol. The molecule has 0 bridgehead atoms. The highest BCUT2D eigenvalue weighted by molar-refractivity contribution is 5.96. The molecule has 0 saturated heterocycles. The Kier molecular flexibility index (Phi) is 4.33. The van der Waals surface area contributed by atoms with Gasteiger partial charge in [-0.15, -0.1) is 0 Å². The van der Waals surface area contributed by atoms with E-state index in [1.54, 1.807) is 18.2 Å². The van der Waals surface area contributed by atoms with Crippen LogP contribution in [0.3, 0.4) is 0 Å². The minimum atomic E-state index is -0.651. The molecule has 0 atom stereocenters. The zero-order valence-electron chi connectivity index (χ0n) is 11.3. The molecule has 2 rings (SSSR count). The van der Waals surface area contributed by atoms with Gasteiger partial charge in [0.15, 0.2) is 0 Å². The predicted molar refractivity (Wildman–Crippen MR) is 80.7 cm³/mol. The Hall–Kier alpha value is -3.42. The minimum Gasteiger partial charge on any atom is -0.507 e. The molecule has 4 N–H and O–H groups in total. The molecule has 0 fully saturated rings. The summed E-state index contributed by atoms with van der Waals surface area (Å²) < 4.78 is 0. The van der Waals surface area contributed by atoms with E-state index in [1.807, 2.05) is 0 Å². The van der Waals surface area contributed by atoms with E-state index in [4.69, 9.17) is 5.73 Å². The lowest BCUT2D eigenvalue weighted by Crippen LogP contribution is -2.18. The van der Waals surface area contributed by atoms with Gasteiger partial charge in [-0.05, 0) is 18.2 Å². The number of rotatable bonds is 4. The number of para-hydroxylation sites is 1. The summed E-state index contributed by atoms with van der Waals surface area (Å²) in [7, 11) is 0. The first-order chi connectivity index (χ1) is 10.5. The largest absolute Gasteiger partial charge is 0.507 e. The van der Waals surface area contributed by atoms with Crippen LogP contribution >= 0.6 is 0 Å². The average molecular weight is 300 g/mol. The van der Waals surface area contributed by atoms with Gasteiger partial charge in [0.2, 0.25) is 0 Å². The van der Waals surface area contributed by atoms with Crippen LogP contribution < -0.4 is 11.2 Å². The molecule has 2 aromatic rings. The molecule has 0 unspecified atom stereocenters. The number of non-ortho nitro benzene ring substituents is 1. The number of nitrogens with two attached hydrogens (primary N) is 1. The number of nitrogens with one attached hydrogen (secondary N) is 1. The number of amides is 1. The van der Waals surface area contributed by atoms with E-state index >= 15 is 0 Å². The second kappa shape index (κ2) is 6.35. The Labute approximate surface area is 125 Å².